The minimum atomic E-state index is 0.690. The average molecular weight is 240 g/mol. The Hall–Kier alpha value is -1.86. The van der Waals surface area contributed by atoms with Gasteiger partial charge in [-0.3, -0.25) is 0 Å². The summed E-state index contributed by atoms with van der Waals surface area (Å²) in [4.78, 5) is 4.61. The second-order valence-corrected chi connectivity index (χ2v) is 4.28. The first-order chi connectivity index (χ1) is 8.34. The van der Waals surface area contributed by atoms with Crippen molar-refractivity contribution in [3.63, 3.8) is 0 Å². The molecule has 2 heteroatoms. The van der Waals surface area contributed by atoms with Gasteiger partial charge in [-0.1, -0.05) is 60.1 Å². The van der Waals surface area contributed by atoms with Crippen LogP contribution in [0, 0.1) is 0 Å². The molecule has 1 aromatic heterocycles. The average Bonchev–Trinajstić information content (AvgIpc) is 2.39. The SMILES string of the molecule is Clc1cc2ccccc2nc1-c1ccccc1. The molecule has 0 amide bonds. The number of halogens is 1. The summed E-state index contributed by atoms with van der Waals surface area (Å²) in [6.45, 7) is 0. The highest BCUT2D eigenvalue weighted by atomic mass is 35.5. The number of fused-ring (bicyclic) bond motifs is 1. The van der Waals surface area contributed by atoms with Crippen molar-refractivity contribution in [3.05, 3.63) is 65.7 Å². The fourth-order valence-electron chi connectivity index (χ4n) is 1.89. The molecule has 0 radical (unpaired) electrons. The molecule has 0 atom stereocenters. The van der Waals surface area contributed by atoms with Gasteiger partial charge in [0.15, 0.2) is 0 Å². The first-order valence-electron chi connectivity index (χ1n) is 5.45. The molecule has 0 aliphatic rings. The standard InChI is InChI=1S/C15H10ClN/c16-13-10-12-8-4-5-9-14(12)17-15(13)11-6-2-1-3-7-11/h1-10H. The van der Waals surface area contributed by atoms with Gasteiger partial charge in [0.05, 0.1) is 16.2 Å². The van der Waals surface area contributed by atoms with Crippen molar-refractivity contribution >= 4 is 22.5 Å². The van der Waals surface area contributed by atoms with Crippen LogP contribution in [0.25, 0.3) is 22.2 Å². The van der Waals surface area contributed by atoms with E-state index in [1.807, 2.05) is 60.7 Å². The molecule has 1 nitrogen and oxygen atoms in total. The van der Waals surface area contributed by atoms with E-state index in [4.69, 9.17) is 11.6 Å². The maximum atomic E-state index is 6.28. The maximum Gasteiger partial charge on any atom is 0.0895 e. The molecule has 0 N–H and O–H groups in total. The molecular weight excluding hydrogens is 230 g/mol. The zero-order valence-electron chi connectivity index (χ0n) is 9.10. The van der Waals surface area contributed by atoms with Crippen molar-refractivity contribution in [1.82, 2.24) is 4.98 Å². The van der Waals surface area contributed by atoms with Gasteiger partial charge in [0.2, 0.25) is 0 Å². The lowest BCUT2D eigenvalue weighted by Crippen LogP contribution is -1.86. The largest absolute Gasteiger partial charge is 0.246 e. The molecule has 0 saturated heterocycles. The van der Waals surface area contributed by atoms with Gasteiger partial charge in [-0.15, -0.1) is 0 Å². The lowest BCUT2D eigenvalue weighted by Gasteiger charge is -2.05. The smallest absolute Gasteiger partial charge is 0.0895 e. The lowest BCUT2D eigenvalue weighted by molar-refractivity contribution is 1.40. The van der Waals surface area contributed by atoms with E-state index in [2.05, 4.69) is 4.98 Å². The topological polar surface area (TPSA) is 12.9 Å². The van der Waals surface area contributed by atoms with Crippen molar-refractivity contribution in [3.8, 4) is 11.3 Å². The summed E-state index contributed by atoms with van der Waals surface area (Å²) in [7, 11) is 0. The molecule has 1 heterocycles. The van der Waals surface area contributed by atoms with Gasteiger partial charge < -0.3 is 0 Å². The molecule has 0 aliphatic carbocycles. The van der Waals surface area contributed by atoms with Crippen LogP contribution in [0.2, 0.25) is 5.02 Å². The predicted octanol–water partition coefficient (Wildman–Crippen LogP) is 4.56. The highest BCUT2D eigenvalue weighted by molar-refractivity contribution is 6.33. The summed E-state index contributed by atoms with van der Waals surface area (Å²) >= 11 is 6.28. The van der Waals surface area contributed by atoms with Crippen LogP contribution in [-0.2, 0) is 0 Å². The number of benzene rings is 2. The first-order valence-corrected chi connectivity index (χ1v) is 5.83. The first kappa shape index (κ1) is 10.3. The van der Waals surface area contributed by atoms with Gasteiger partial charge in [0.1, 0.15) is 0 Å². The van der Waals surface area contributed by atoms with E-state index in [-0.39, 0.29) is 0 Å². The Kier molecular flexibility index (Phi) is 2.54. The molecule has 0 bridgehead atoms. The molecule has 0 fully saturated rings. The fraction of sp³-hybridized carbons (Fsp3) is 0. The van der Waals surface area contributed by atoms with Crippen LogP contribution in [-0.4, -0.2) is 4.98 Å². The minimum absolute atomic E-state index is 0.690. The van der Waals surface area contributed by atoms with E-state index < -0.39 is 0 Å². The van der Waals surface area contributed by atoms with Crippen molar-refractivity contribution < 1.29 is 0 Å². The Labute approximate surface area is 105 Å². The molecule has 0 aliphatic heterocycles. The monoisotopic (exact) mass is 239 g/mol. The number of pyridine rings is 1. The second-order valence-electron chi connectivity index (χ2n) is 3.88. The molecule has 2 aromatic carbocycles. The Bertz CT molecular complexity index is 662. The van der Waals surface area contributed by atoms with Crippen LogP contribution in [0.5, 0.6) is 0 Å². The molecule has 0 saturated carbocycles. The van der Waals surface area contributed by atoms with Gasteiger partial charge in [0.25, 0.3) is 0 Å². The maximum absolute atomic E-state index is 6.28. The Morgan fingerprint density at radius 2 is 1.53 bits per heavy atom. The number of aromatic nitrogens is 1. The van der Waals surface area contributed by atoms with Crippen molar-refractivity contribution in [2.45, 2.75) is 0 Å². The summed E-state index contributed by atoms with van der Waals surface area (Å²) < 4.78 is 0. The lowest BCUT2D eigenvalue weighted by atomic mass is 10.1. The molecule has 82 valence electrons. The number of rotatable bonds is 1. The number of hydrogen-bond donors (Lipinski definition) is 0. The summed E-state index contributed by atoms with van der Waals surface area (Å²) in [5, 5.41) is 1.76. The van der Waals surface area contributed by atoms with Crippen LogP contribution < -0.4 is 0 Å². The predicted molar refractivity (Wildman–Crippen MR) is 72.2 cm³/mol. The fourth-order valence-corrected chi connectivity index (χ4v) is 2.16. The summed E-state index contributed by atoms with van der Waals surface area (Å²) in [5.41, 5.74) is 2.85. The highest BCUT2D eigenvalue weighted by Crippen LogP contribution is 2.28. The van der Waals surface area contributed by atoms with Gasteiger partial charge in [-0.25, -0.2) is 4.98 Å². The Morgan fingerprint density at radius 3 is 2.35 bits per heavy atom. The van der Waals surface area contributed by atoms with E-state index >= 15 is 0 Å². The summed E-state index contributed by atoms with van der Waals surface area (Å²) in [6, 6.07) is 19.9. The van der Waals surface area contributed by atoms with Gasteiger partial charge in [0, 0.05) is 10.9 Å². The number of para-hydroxylation sites is 1. The molecule has 0 unspecified atom stereocenters. The van der Waals surface area contributed by atoms with Crippen molar-refractivity contribution in [2.24, 2.45) is 0 Å². The van der Waals surface area contributed by atoms with E-state index in [1.54, 1.807) is 0 Å². The van der Waals surface area contributed by atoms with Crippen LogP contribution in [0.4, 0.5) is 0 Å². The van der Waals surface area contributed by atoms with Crippen LogP contribution >= 0.6 is 11.6 Å². The van der Waals surface area contributed by atoms with Crippen molar-refractivity contribution in [1.29, 1.82) is 0 Å². The number of hydrogen-bond acceptors (Lipinski definition) is 1. The van der Waals surface area contributed by atoms with Crippen LogP contribution in [0.1, 0.15) is 0 Å². The van der Waals surface area contributed by atoms with Gasteiger partial charge >= 0.3 is 0 Å². The van der Waals surface area contributed by atoms with Crippen LogP contribution in [0.15, 0.2) is 60.7 Å². The summed E-state index contributed by atoms with van der Waals surface area (Å²) in [6.07, 6.45) is 0. The zero-order valence-corrected chi connectivity index (χ0v) is 9.85. The molecule has 3 rings (SSSR count). The molecular formula is C15H10ClN. The van der Waals surface area contributed by atoms with Gasteiger partial charge in [-0.2, -0.15) is 0 Å². The quantitative estimate of drug-likeness (QED) is 0.607. The molecule has 17 heavy (non-hydrogen) atoms. The summed E-state index contributed by atoms with van der Waals surface area (Å²) in [5.74, 6) is 0. The second kappa shape index (κ2) is 4.19. The van der Waals surface area contributed by atoms with Gasteiger partial charge in [-0.05, 0) is 12.1 Å². The third kappa shape index (κ3) is 1.90. The molecule has 3 aromatic rings. The Balaban J connectivity index is 2.27. The minimum Gasteiger partial charge on any atom is -0.246 e. The van der Waals surface area contributed by atoms with E-state index in [9.17, 15) is 0 Å². The van der Waals surface area contributed by atoms with E-state index in [0.29, 0.717) is 5.02 Å². The van der Waals surface area contributed by atoms with Crippen molar-refractivity contribution in [2.75, 3.05) is 0 Å². The Morgan fingerprint density at radius 1 is 0.824 bits per heavy atom. The van der Waals surface area contributed by atoms with E-state index in [0.717, 1.165) is 22.2 Å². The number of nitrogens with zero attached hydrogens (tertiary/aromatic N) is 1. The molecule has 0 spiro atoms. The zero-order chi connectivity index (χ0) is 11.7. The normalized spacial score (nSPS) is 10.6. The van der Waals surface area contributed by atoms with E-state index in [1.165, 1.54) is 0 Å². The highest BCUT2D eigenvalue weighted by Gasteiger charge is 2.06. The third-order valence-electron chi connectivity index (χ3n) is 2.72. The third-order valence-corrected chi connectivity index (χ3v) is 3.01. The van der Waals surface area contributed by atoms with Crippen LogP contribution in [0.3, 0.4) is 0 Å².